The monoisotopic (exact) mass is 689 g/mol. The second-order valence-electron chi connectivity index (χ2n) is 12.5. The van der Waals surface area contributed by atoms with Crippen molar-refractivity contribution in [3.8, 4) is 0 Å². The normalized spacial score (nSPS) is 20.2. The van der Waals surface area contributed by atoms with Gasteiger partial charge in [0.1, 0.15) is 37.6 Å². The molecule has 50 heavy (non-hydrogen) atoms. The van der Waals surface area contributed by atoms with Gasteiger partial charge < -0.3 is 34.1 Å². The number of aliphatic hydroxyl groups excluding tert-OH is 1. The second kappa shape index (κ2) is 21.9. The topological polar surface area (TPSA) is 130 Å². The van der Waals surface area contributed by atoms with Crippen molar-refractivity contribution in [2.45, 2.75) is 115 Å². The summed E-state index contributed by atoms with van der Waals surface area (Å²) in [7, 11) is 0. The van der Waals surface area contributed by atoms with E-state index in [2.05, 4.69) is 5.32 Å². The summed E-state index contributed by atoms with van der Waals surface area (Å²) < 4.78 is 29.5. The standard InChI is InChI=1S/C40H51NO9/c1-2-17-34(42)41-37-39(48-27-31-20-11-7-12-21-31)38(45)33(50-40(37)49-28-32-22-13-8-14-23-32)29-47-36(44)25-16-5-3-4-15-24-35(43)46-26-30-18-9-6-10-19-30/h6-14,18-23,33,37-40,45H,2-5,15-17,24-29H2,1H3,(H,41,42)/t33-,37-,38-,39-,40?/m1/s1. The van der Waals surface area contributed by atoms with Crippen molar-refractivity contribution in [1.29, 1.82) is 0 Å². The molecule has 0 saturated carbocycles. The summed E-state index contributed by atoms with van der Waals surface area (Å²) in [5, 5.41) is 14.5. The maximum atomic E-state index is 12.8. The van der Waals surface area contributed by atoms with Crippen LogP contribution in [0.15, 0.2) is 91.0 Å². The van der Waals surface area contributed by atoms with Gasteiger partial charge >= 0.3 is 11.9 Å². The molecule has 3 aromatic rings. The lowest BCUT2D eigenvalue weighted by molar-refractivity contribution is -0.282. The van der Waals surface area contributed by atoms with Gasteiger partial charge in [0.15, 0.2) is 6.29 Å². The molecule has 4 rings (SSSR count). The maximum Gasteiger partial charge on any atom is 0.306 e. The largest absolute Gasteiger partial charge is 0.463 e. The van der Waals surface area contributed by atoms with Crippen LogP contribution < -0.4 is 5.32 Å². The molecule has 10 nitrogen and oxygen atoms in total. The maximum absolute atomic E-state index is 12.8. The number of ether oxygens (including phenoxy) is 5. The molecule has 0 aliphatic carbocycles. The van der Waals surface area contributed by atoms with Crippen molar-refractivity contribution in [2.24, 2.45) is 0 Å². The first-order chi connectivity index (χ1) is 24.4. The molecule has 0 bridgehead atoms. The van der Waals surface area contributed by atoms with Crippen LogP contribution in [0.3, 0.4) is 0 Å². The molecule has 10 heteroatoms. The van der Waals surface area contributed by atoms with Gasteiger partial charge in [0.25, 0.3) is 0 Å². The summed E-state index contributed by atoms with van der Waals surface area (Å²) >= 11 is 0. The van der Waals surface area contributed by atoms with Crippen LogP contribution in [-0.2, 0) is 57.9 Å². The highest BCUT2D eigenvalue weighted by atomic mass is 16.7. The fourth-order valence-corrected chi connectivity index (χ4v) is 5.68. The van der Waals surface area contributed by atoms with Crippen LogP contribution in [0.5, 0.6) is 0 Å². The van der Waals surface area contributed by atoms with Crippen molar-refractivity contribution < 1.29 is 43.2 Å². The first kappa shape index (κ1) is 38.7. The van der Waals surface area contributed by atoms with Gasteiger partial charge in [-0.3, -0.25) is 14.4 Å². The zero-order valence-corrected chi connectivity index (χ0v) is 29.0. The van der Waals surface area contributed by atoms with Crippen molar-refractivity contribution >= 4 is 17.8 Å². The van der Waals surface area contributed by atoms with Gasteiger partial charge in [-0.05, 0) is 36.0 Å². The van der Waals surface area contributed by atoms with E-state index in [9.17, 15) is 19.5 Å². The minimum atomic E-state index is -1.21. The molecule has 1 saturated heterocycles. The third-order valence-electron chi connectivity index (χ3n) is 8.43. The fourth-order valence-electron chi connectivity index (χ4n) is 5.68. The summed E-state index contributed by atoms with van der Waals surface area (Å²) in [5.41, 5.74) is 2.77. The van der Waals surface area contributed by atoms with Crippen LogP contribution in [0.25, 0.3) is 0 Å². The van der Waals surface area contributed by atoms with E-state index in [0.29, 0.717) is 25.7 Å². The summed E-state index contributed by atoms with van der Waals surface area (Å²) in [6, 6.07) is 27.9. The van der Waals surface area contributed by atoms with Crippen molar-refractivity contribution in [1.82, 2.24) is 5.32 Å². The van der Waals surface area contributed by atoms with Gasteiger partial charge in [0, 0.05) is 19.3 Å². The average Bonchev–Trinajstić information content (AvgIpc) is 3.14. The Kier molecular flexibility index (Phi) is 16.9. The second-order valence-corrected chi connectivity index (χ2v) is 12.5. The molecule has 5 atom stereocenters. The third-order valence-corrected chi connectivity index (χ3v) is 8.43. The number of hydrogen-bond donors (Lipinski definition) is 2. The number of esters is 2. The van der Waals surface area contributed by atoms with Crippen LogP contribution >= 0.6 is 0 Å². The number of rotatable bonds is 21. The molecule has 2 N–H and O–H groups in total. The van der Waals surface area contributed by atoms with E-state index in [1.165, 1.54) is 0 Å². The third kappa shape index (κ3) is 13.7. The Balaban J connectivity index is 1.26. The van der Waals surface area contributed by atoms with Gasteiger partial charge in [-0.15, -0.1) is 0 Å². The Labute approximate surface area is 295 Å². The van der Waals surface area contributed by atoms with Crippen molar-refractivity contribution in [3.05, 3.63) is 108 Å². The number of hydrogen-bond acceptors (Lipinski definition) is 9. The molecule has 270 valence electrons. The van der Waals surface area contributed by atoms with Crippen LogP contribution in [0.2, 0.25) is 0 Å². The van der Waals surface area contributed by atoms with Crippen LogP contribution in [0.4, 0.5) is 0 Å². The van der Waals surface area contributed by atoms with E-state index in [-0.39, 0.29) is 44.7 Å². The number of carbonyl (C=O) groups excluding carboxylic acids is 3. The number of amides is 1. The highest BCUT2D eigenvalue weighted by Crippen LogP contribution is 2.27. The zero-order chi connectivity index (χ0) is 35.4. The lowest BCUT2D eigenvalue weighted by Crippen LogP contribution is -2.65. The lowest BCUT2D eigenvalue weighted by Gasteiger charge is -2.44. The van der Waals surface area contributed by atoms with Crippen LogP contribution in [-0.4, -0.2) is 60.2 Å². The van der Waals surface area contributed by atoms with E-state index in [1.54, 1.807) is 0 Å². The van der Waals surface area contributed by atoms with Gasteiger partial charge in [0.2, 0.25) is 5.91 Å². The Morgan fingerprint density at radius 3 is 1.72 bits per heavy atom. The van der Waals surface area contributed by atoms with Gasteiger partial charge in [-0.25, -0.2) is 0 Å². The predicted octanol–water partition coefficient (Wildman–Crippen LogP) is 6.18. The molecule has 1 aliphatic rings. The summed E-state index contributed by atoms with van der Waals surface area (Å²) in [6.07, 6.45) is 1.45. The molecule has 0 spiro atoms. The van der Waals surface area contributed by atoms with Crippen molar-refractivity contribution in [2.75, 3.05) is 6.61 Å². The summed E-state index contributed by atoms with van der Waals surface area (Å²) in [5.74, 6) is -0.811. The van der Waals surface area contributed by atoms with E-state index >= 15 is 0 Å². The highest BCUT2D eigenvalue weighted by Gasteiger charge is 2.47. The Morgan fingerprint density at radius 1 is 0.660 bits per heavy atom. The minimum Gasteiger partial charge on any atom is -0.463 e. The van der Waals surface area contributed by atoms with Crippen LogP contribution in [0, 0.1) is 0 Å². The molecule has 1 heterocycles. The number of aliphatic hydroxyl groups is 1. The summed E-state index contributed by atoms with van der Waals surface area (Å²) in [6.45, 7) is 2.39. The van der Waals surface area contributed by atoms with E-state index in [4.69, 9.17) is 23.7 Å². The van der Waals surface area contributed by atoms with E-state index < -0.39 is 36.6 Å². The molecule has 0 radical (unpaired) electrons. The molecule has 1 amide bonds. The zero-order valence-electron chi connectivity index (χ0n) is 29.0. The van der Waals surface area contributed by atoms with Crippen LogP contribution in [0.1, 0.15) is 81.4 Å². The minimum absolute atomic E-state index is 0.190. The van der Waals surface area contributed by atoms with Crippen molar-refractivity contribution in [3.63, 3.8) is 0 Å². The van der Waals surface area contributed by atoms with E-state index in [1.807, 2.05) is 97.9 Å². The predicted molar refractivity (Wildman–Crippen MR) is 187 cm³/mol. The SMILES string of the molecule is CCCC(=O)N[C@H]1C(OCc2ccccc2)O[C@H](COC(=O)CCCCCCCC(=O)OCc2ccccc2)[C@@H](O)[C@@H]1OCc1ccccc1. The highest BCUT2D eigenvalue weighted by molar-refractivity contribution is 5.76. The first-order valence-corrected chi connectivity index (χ1v) is 17.7. The number of unbranched alkanes of at least 4 members (excludes halogenated alkanes) is 4. The molecule has 1 unspecified atom stereocenters. The first-order valence-electron chi connectivity index (χ1n) is 17.7. The van der Waals surface area contributed by atoms with Gasteiger partial charge in [-0.2, -0.15) is 0 Å². The van der Waals surface area contributed by atoms with E-state index in [0.717, 1.165) is 42.4 Å². The average molecular weight is 690 g/mol. The quantitative estimate of drug-likeness (QED) is 0.0996. The smallest absolute Gasteiger partial charge is 0.306 e. The Morgan fingerprint density at radius 2 is 1.16 bits per heavy atom. The van der Waals surface area contributed by atoms with Gasteiger partial charge in [-0.1, -0.05) is 117 Å². The summed E-state index contributed by atoms with van der Waals surface area (Å²) in [4.78, 5) is 37.5. The molecular formula is C40H51NO9. The Bertz CT molecular complexity index is 1410. The molecule has 0 aromatic heterocycles. The number of nitrogens with one attached hydrogen (secondary N) is 1. The molecular weight excluding hydrogens is 638 g/mol. The number of carbonyl (C=O) groups is 3. The molecule has 1 aliphatic heterocycles. The Hall–Kier alpha value is -4.09. The molecule has 3 aromatic carbocycles. The van der Waals surface area contributed by atoms with Gasteiger partial charge in [0.05, 0.1) is 13.2 Å². The fraction of sp³-hybridized carbons (Fsp3) is 0.475. The number of benzene rings is 3. The lowest BCUT2D eigenvalue weighted by atomic mass is 9.96. The molecule has 1 fully saturated rings.